The number of amides is 1. The van der Waals surface area contributed by atoms with Gasteiger partial charge in [-0.1, -0.05) is 24.3 Å². The van der Waals surface area contributed by atoms with Crippen molar-refractivity contribution in [2.75, 3.05) is 13.1 Å². The number of para-hydroxylation sites is 1. The van der Waals surface area contributed by atoms with Crippen LogP contribution >= 0.6 is 0 Å². The van der Waals surface area contributed by atoms with Crippen LogP contribution in [0.3, 0.4) is 0 Å². The van der Waals surface area contributed by atoms with E-state index in [2.05, 4.69) is 33.4 Å². The molecule has 3 aromatic rings. The van der Waals surface area contributed by atoms with E-state index < -0.39 is 0 Å². The highest BCUT2D eigenvalue weighted by Crippen LogP contribution is 2.36. The van der Waals surface area contributed by atoms with Gasteiger partial charge in [-0.15, -0.1) is 0 Å². The van der Waals surface area contributed by atoms with Crippen LogP contribution in [0.2, 0.25) is 0 Å². The third kappa shape index (κ3) is 4.00. The number of aromatic nitrogens is 2. The molecule has 2 atom stereocenters. The van der Waals surface area contributed by atoms with Gasteiger partial charge in [0.05, 0.1) is 11.4 Å². The third-order valence-corrected chi connectivity index (χ3v) is 6.68. The van der Waals surface area contributed by atoms with Crippen molar-refractivity contribution >= 4 is 16.8 Å². The molecular weight excluding hydrogens is 388 g/mol. The second-order valence-corrected chi connectivity index (χ2v) is 8.80. The number of nitrogens with one attached hydrogen (secondary N) is 1. The van der Waals surface area contributed by atoms with E-state index in [1.165, 1.54) is 0 Å². The molecule has 6 heteroatoms. The number of pyridine rings is 2. The molecule has 0 bridgehead atoms. The summed E-state index contributed by atoms with van der Waals surface area (Å²) in [6.07, 6.45) is 6.59. The van der Waals surface area contributed by atoms with E-state index in [4.69, 9.17) is 0 Å². The quantitative estimate of drug-likeness (QED) is 0.695. The molecule has 3 heterocycles. The van der Waals surface area contributed by atoms with E-state index in [0.717, 1.165) is 47.8 Å². The van der Waals surface area contributed by atoms with Crippen LogP contribution in [0.25, 0.3) is 10.9 Å². The molecule has 0 spiro atoms. The Morgan fingerprint density at radius 1 is 1.19 bits per heavy atom. The van der Waals surface area contributed by atoms with E-state index in [1.54, 1.807) is 17.7 Å². The van der Waals surface area contributed by atoms with E-state index in [-0.39, 0.29) is 23.3 Å². The standard InChI is InChI=1S/C25H28N4O2/c1-28-13-10-18(14-23(28)30)21-9-12-26-15-22(21)25(31)29(20-7-8-20)16-19-5-2-4-17-6-3-11-27-24(17)19/h2-6,10-11,13-14,20-22,26H,7-9,12,15-16H2,1H3/t21-,22+/m0/s1. The molecule has 1 saturated carbocycles. The summed E-state index contributed by atoms with van der Waals surface area (Å²) in [7, 11) is 1.75. The first-order chi connectivity index (χ1) is 15.1. The molecule has 5 rings (SSSR count). The summed E-state index contributed by atoms with van der Waals surface area (Å²) in [5.74, 6) is 0.0900. The SMILES string of the molecule is Cn1ccc([C@@H]2CCNC[C@H]2C(=O)N(Cc2cccc3cccnc23)C2CC2)cc1=O. The first kappa shape index (κ1) is 19.9. The Morgan fingerprint density at radius 2 is 2.03 bits per heavy atom. The van der Waals surface area contributed by atoms with Gasteiger partial charge in [-0.25, -0.2) is 0 Å². The summed E-state index contributed by atoms with van der Waals surface area (Å²) in [4.78, 5) is 32.7. The Labute approximate surface area is 181 Å². The van der Waals surface area contributed by atoms with Gasteiger partial charge in [0.2, 0.25) is 5.91 Å². The van der Waals surface area contributed by atoms with Gasteiger partial charge in [-0.3, -0.25) is 14.6 Å². The van der Waals surface area contributed by atoms with Crippen molar-refractivity contribution in [3.05, 3.63) is 76.3 Å². The summed E-state index contributed by atoms with van der Waals surface area (Å²) in [5.41, 5.74) is 3.01. The number of benzene rings is 1. The van der Waals surface area contributed by atoms with Crippen LogP contribution < -0.4 is 10.9 Å². The Bertz CT molecular complexity index is 1160. The van der Waals surface area contributed by atoms with Gasteiger partial charge in [0.15, 0.2) is 0 Å². The zero-order chi connectivity index (χ0) is 21.4. The highest BCUT2D eigenvalue weighted by Gasteiger charge is 2.40. The maximum atomic E-state index is 13.8. The molecule has 0 radical (unpaired) electrons. The molecule has 2 aliphatic rings. The van der Waals surface area contributed by atoms with Crippen molar-refractivity contribution in [3.8, 4) is 0 Å². The summed E-state index contributed by atoms with van der Waals surface area (Å²) in [6, 6.07) is 14.2. The summed E-state index contributed by atoms with van der Waals surface area (Å²) in [5, 5.41) is 4.50. The monoisotopic (exact) mass is 416 g/mol. The zero-order valence-corrected chi connectivity index (χ0v) is 17.8. The van der Waals surface area contributed by atoms with Gasteiger partial charge in [0, 0.05) is 50.0 Å². The van der Waals surface area contributed by atoms with Gasteiger partial charge >= 0.3 is 0 Å². The fourth-order valence-corrected chi connectivity index (χ4v) is 4.78. The molecule has 2 fully saturated rings. The van der Waals surface area contributed by atoms with Gasteiger partial charge in [-0.2, -0.15) is 0 Å². The molecule has 1 aliphatic carbocycles. The van der Waals surface area contributed by atoms with Crippen LogP contribution in [0, 0.1) is 5.92 Å². The van der Waals surface area contributed by atoms with Crippen molar-refractivity contribution in [2.24, 2.45) is 13.0 Å². The average Bonchev–Trinajstić information content (AvgIpc) is 3.64. The lowest BCUT2D eigenvalue weighted by atomic mass is 9.80. The second kappa shape index (κ2) is 8.27. The summed E-state index contributed by atoms with van der Waals surface area (Å²) < 4.78 is 1.57. The maximum Gasteiger partial charge on any atom is 0.250 e. The van der Waals surface area contributed by atoms with Crippen LogP contribution in [-0.4, -0.2) is 39.5 Å². The molecule has 160 valence electrons. The predicted octanol–water partition coefficient (Wildman–Crippen LogP) is 2.82. The topological polar surface area (TPSA) is 67.2 Å². The van der Waals surface area contributed by atoms with Crippen LogP contribution in [0.1, 0.15) is 36.3 Å². The zero-order valence-electron chi connectivity index (χ0n) is 17.8. The van der Waals surface area contributed by atoms with E-state index in [1.807, 2.05) is 30.6 Å². The Morgan fingerprint density at radius 3 is 2.84 bits per heavy atom. The number of nitrogens with zero attached hydrogens (tertiary/aromatic N) is 3. The van der Waals surface area contributed by atoms with Gasteiger partial charge in [0.25, 0.3) is 5.56 Å². The summed E-state index contributed by atoms with van der Waals surface area (Å²) in [6.45, 7) is 2.09. The van der Waals surface area contributed by atoms with Gasteiger partial charge < -0.3 is 14.8 Å². The molecule has 1 saturated heterocycles. The predicted molar refractivity (Wildman–Crippen MR) is 121 cm³/mol. The molecule has 1 amide bonds. The molecule has 0 unspecified atom stereocenters. The molecule has 1 aliphatic heterocycles. The van der Waals surface area contributed by atoms with Crippen LogP contribution in [0.4, 0.5) is 0 Å². The third-order valence-electron chi connectivity index (χ3n) is 6.68. The number of carbonyl (C=O) groups excluding carboxylic acids is 1. The highest BCUT2D eigenvalue weighted by atomic mass is 16.2. The lowest BCUT2D eigenvalue weighted by Gasteiger charge is -2.35. The Hall–Kier alpha value is -2.99. The molecular formula is C25H28N4O2. The van der Waals surface area contributed by atoms with E-state index >= 15 is 0 Å². The fraction of sp³-hybridized carbons (Fsp3) is 0.400. The molecule has 1 aromatic carbocycles. The van der Waals surface area contributed by atoms with E-state index in [0.29, 0.717) is 19.1 Å². The Kier molecular flexibility index (Phi) is 5.32. The fourth-order valence-electron chi connectivity index (χ4n) is 4.78. The van der Waals surface area contributed by atoms with Crippen LogP contribution in [0.5, 0.6) is 0 Å². The molecule has 6 nitrogen and oxygen atoms in total. The van der Waals surface area contributed by atoms with Crippen LogP contribution in [-0.2, 0) is 18.4 Å². The maximum absolute atomic E-state index is 13.8. The first-order valence-corrected chi connectivity index (χ1v) is 11.1. The van der Waals surface area contributed by atoms with Crippen molar-refractivity contribution in [1.82, 2.24) is 19.8 Å². The van der Waals surface area contributed by atoms with Crippen molar-refractivity contribution in [3.63, 3.8) is 0 Å². The minimum Gasteiger partial charge on any atom is -0.335 e. The van der Waals surface area contributed by atoms with Crippen molar-refractivity contribution in [2.45, 2.75) is 37.8 Å². The minimum atomic E-state index is -0.163. The minimum absolute atomic E-state index is 0.0249. The highest BCUT2D eigenvalue weighted by molar-refractivity contribution is 5.84. The van der Waals surface area contributed by atoms with E-state index in [9.17, 15) is 9.59 Å². The van der Waals surface area contributed by atoms with Gasteiger partial charge in [0.1, 0.15) is 0 Å². The molecule has 2 aromatic heterocycles. The molecule has 1 N–H and O–H groups in total. The lowest BCUT2D eigenvalue weighted by molar-refractivity contribution is -0.138. The second-order valence-electron chi connectivity index (χ2n) is 8.80. The Balaban J connectivity index is 1.45. The normalized spacial score (nSPS) is 21.2. The number of hydrogen-bond acceptors (Lipinski definition) is 4. The number of hydrogen-bond donors (Lipinski definition) is 1. The number of aryl methyl sites for hydroxylation is 1. The van der Waals surface area contributed by atoms with Crippen molar-refractivity contribution in [1.29, 1.82) is 0 Å². The number of carbonyl (C=O) groups is 1. The largest absolute Gasteiger partial charge is 0.335 e. The van der Waals surface area contributed by atoms with Gasteiger partial charge in [-0.05, 0) is 55.0 Å². The summed E-state index contributed by atoms with van der Waals surface area (Å²) >= 11 is 0. The average molecular weight is 417 g/mol. The number of fused-ring (bicyclic) bond motifs is 1. The number of piperidine rings is 1. The first-order valence-electron chi connectivity index (χ1n) is 11.1. The van der Waals surface area contributed by atoms with Crippen LogP contribution in [0.15, 0.2) is 59.7 Å². The smallest absolute Gasteiger partial charge is 0.250 e. The number of rotatable bonds is 5. The molecule has 31 heavy (non-hydrogen) atoms. The van der Waals surface area contributed by atoms with Crippen molar-refractivity contribution < 1.29 is 4.79 Å². The lowest BCUT2D eigenvalue weighted by Crippen LogP contribution is -2.47.